The van der Waals surface area contributed by atoms with Crippen LogP contribution in [0.4, 0.5) is 11.4 Å². The van der Waals surface area contributed by atoms with E-state index < -0.39 is 4.92 Å². The van der Waals surface area contributed by atoms with Crippen LogP contribution in [0.1, 0.15) is 11.1 Å². The van der Waals surface area contributed by atoms with Crippen molar-refractivity contribution < 1.29 is 4.92 Å². The molecule has 0 bridgehead atoms. The number of nitro benzene ring substituents is 1. The number of thiocarbonyl (C=S) groups is 1. The summed E-state index contributed by atoms with van der Waals surface area (Å²) in [5, 5.41) is 13.5. The molecule has 0 aliphatic heterocycles. The predicted molar refractivity (Wildman–Crippen MR) is 63.0 cm³/mol. The molecule has 80 valence electrons. The number of rotatable bonds is 2. The Kier molecular flexibility index (Phi) is 3.21. The summed E-state index contributed by atoms with van der Waals surface area (Å²) in [6, 6.07) is 2.96. The molecule has 1 aromatic carbocycles. The minimum Gasteiger partial charge on any atom is -0.376 e. The van der Waals surface area contributed by atoms with Gasteiger partial charge in [-0.15, -0.1) is 0 Å². The molecule has 1 rings (SSSR count). The number of anilines is 1. The fourth-order valence-electron chi connectivity index (χ4n) is 1.37. The van der Waals surface area contributed by atoms with Crippen LogP contribution < -0.4 is 11.1 Å². The molecule has 0 amide bonds. The van der Waals surface area contributed by atoms with E-state index >= 15 is 0 Å². The second-order valence-corrected chi connectivity index (χ2v) is 3.64. The van der Waals surface area contributed by atoms with Crippen molar-refractivity contribution in [2.75, 3.05) is 5.32 Å². The topological polar surface area (TPSA) is 81.2 Å². The molecule has 3 N–H and O–H groups in total. The van der Waals surface area contributed by atoms with Crippen LogP contribution in [0.25, 0.3) is 0 Å². The van der Waals surface area contributed by atoms with Gasteiger partial charge in [0.2, 0.25) is 0 Å². The Labute approximate surface area is 92.4 Å². The lowest BCUT2D eigenvalue weighted by Crippen LogP contribution is -2.20. The minimum atomic E-state index is -0.426. The Morgan fingerprint density at radius 1 is 1.47 bits per heavy atom. The van der Waals surface area contributed by atoms with Crippen molar-refractivity contribution in [3.05, 3.63) is 33.4 Å². The Balaban J connectivity index is 3.21. The average molecular weight is 225 g/mol. The highest BCUT2D eigenvalue weighted by Gasteiger charge is 2.11. The molecule has 0 aliphatic carbocycles. The van der Waals surface area contributed by atoms with Crippen LogP contribution in [0.5, 0.6) is 0 Å². The van der Waals surface area contributed by atoms with Crippen LogP contribution in [0.3, 0.4) is 0 Å². The highest BCUT2D eigenvalue weighted by molar-refractivity contribution is 7.80. The van der Waals surface area contributed by atoms with Crippen LogP contribution in [0, 0.1) is 24.0 Å². The summed E-state index contributed by atoms with van der Waals surface area (Å²) < 4.78 is 0. The van der Waals surface area contributed by atoms with Crippen molar-refractivity contribution in [2.45, 2.75) is 13.8 Å². The van der Waals surface area contributed by atoms with Crippen molar-refractivity contribution >= 4 is 28.7 Å². The first-order valence-electron chi connectivity index (χ1n) is 4.24. The van der Waals surface area contributed by atoms with Gasteiger partial charge in [0.05, 0.1) is 4.92 Å². The molecule has 1 aromatic rings. The molecular formula is C9H11N3O2S. The van der Waals surface area contributed by atoms with Crippen LogP contribution in [0.15, 0.2) is 12.1 Å². The highest BCUT2D eigenvalue weighted by atomic mass is 32.1. The third-order valence-corrected chi connectivity index (χ3v) is 2.08. The van der Waals surface area contributed by atoms with Gasteiger partial charge in [-0.2, -0.15) is 0 Å². The summed E-state index contributed by atoms with van der Waals surface area (Å²) in [5.41, 5.74) is 7.63. The average Bonchev–Trinajstić information content (AvgIpc) is 2.10. The molecule has 6 heteroatoms. The number of nitrogens with one attached hydrogen (secondary N) is 1. The molecule has 0 heterocycles. The first-order valence-corrected chi connectivity index (χ1v) is 4.64. The zero-order chi connectivity index (χ0) is 11.6. The van der Waals surface area contributed by atoms with Crippen molar-refractivity contribution in [3.8, 4) is 0 Å². The molecule has 0 unspecified atom stereocenters. The van der Waals surface area contributed by atoms with Gasteiger partial charge in [-0.25, -0.2) is 0 Å². The Morgan fingerprint density at radius 3 is 2.27 bits per heavy atom. The fraction of sp³-hybridized carbons (Fsp3) is 0.222. The summed E-state index contributed by atoms with van der Waals surface area (Å²) in [4.78, 5) is 10.1. The van der Waals surface area contributed by atoms with Crippen molar-refractivity contribution in [3.63, 3.8) is 0 Å². The van der Waals surface area contributed by atoms with Crippen LogP contribution in [-0.2, 0) is 0 Å². The number of aryl methyl sites for hydroxylation is 2. The molecule has 0 saturated heterocycles. The van der Waals surface area contributed by atoms with Crippen LogP contribution in [-0.4, -0.2) is 10.0 Å². The molecule has 0 atom stereocenters. The number of nitrogens with zero attached hydrogens (tertiary/aromatic N) is 1. The predicted octanol–water partition coefficient (Wildman–Crippen LogP) is 1.87. The molecule has 0 aliphatic rings. The number of nitro groups is 1. The van der Waals surface area contributed by atoms with Crippen molar-refractivity contribution in [1.29, 1.82) is 0 Å². The number of nitrogens with two attached hydrogens (primary N) is 1. The van der Waals surface area contributed by atoms with E-state index in [1.54, 1.807) is 13.8 Å². The van der Waals surface area contributed by atoms with Gasteiger partial charge in [0, 0.05) is 17.8 Å². The van der Waals surface area contributed by atoms with E-state index in [1.807, 2.05) is 0 Å². The number of benzene rings is 1. The number of hydrogen-bond donors (Lipinski definition) is 2. The van der Waals surface area contributed by atoms with Gasteiger partial charge < -0.3 is 11.1 Å². The lowest BCUT2D eigenvalue weighted by molar-refractivity contribution is -0.384. The summed E-state index contributed by atoms with van der Waals surface area (Å²) in [5.74, 6) is 0. The Hall–Kier alpha value is -1.69. The molecule has 15 heavy (non-hydrogen) atoms. The molecular weight excluding hydrogens is 214 g/mol. The fourth-order valence-corrected chi connectivity index (χ4v) is 1.47. The van der Waals surface area contributed by atoms with Gasteiger partial charge in [-0.3, -0.25) is 10.1 Å². The molecule has 5 nitrogen and oxygen atoms in total. The Bertz CT molecular complexity index is 408. The van der Waals surface area contributed by atoms with Gasteiger partial charge in [0.1, 0.15) is 0 Å². The maximum absolute atomic E-state index is 10.6. The normalized spacial score (nSPS) is 9.73. The second-order valence-electron chi connectivity index (χ2n) is 3.20. The maximum Gasteiger partial charge on any atom is 0.270 e. The molecule has 0 fully saturated rings. The van der Waals surface area contributed by atoms with Gasteiger partial charge in [-0.1, -0.05) is 0 Å². The quantitative estimate of drug-likeness (QED) is 0.456. The molecule has 0 radical (unpaired) electrons. The second kappa shape index (κ2) is 4.22. The third-order valence-electron chi connectivity index (χ3n) is 1.98. The van der Waals surface area contributed by atoms with E-state index in [-0.39, 0.29) is 10.8 Å². The summed E-state index contributed by atoms with van der Waals surface area (Å²) in [6.07, 6.45) is 0. The van der Waals surface area contributed by atoms with Gasteiger partial charge in [0.25, 0.3) is 5.69 Å². The largest absolute Gasteiger partial charge is 0.376 e. The lowest BCUT2D eigenvalue weighted by Gasteiger charge is -2.10. The van der Waals surface area contributed by atoms with E-state index in [1.165, 1.54) is 12.1 Å². The van der Waals surface area contributed by atoms with Crippen LogP contribution >= 0.6 is 12.2 Å². The zero-order valence-corrected chi connectivity index (χ0v) is 9.22. The number of hydrogen-bond acceptors (Lipinski definition) is 3. The lowest BCUT2D eigenvalue weighted by atomic mass is 10.1. The smallest absolute Gasteiger partial charge is 0.270 e. The SMILES string of the molecule is Cc1cc([N+](=O)[O-])cc(C)c1NC(N)=S. The highest BCUT2D eigenvalue weighted by Crippen LogP contribution is 2.25. The zero-order valence-electron chi connectivity index (χ0n) is 8.40. The monoisotopic (exact) mass is 225 g/mol. The molecule has 0 aromatic heterocycles. The maximum atomic E-state index is 10.6. The van der Waals surface area contributed by atoms with Gasteiger partial charge in [0.15, 0.2) is 5.11 Å². The van der Waals surface area contributed by atoms with E-state index in [2.05, 4.69) is 5.32 Å². The van der Waals surface area contributed by atoms with Crippen molar-refractivity contribution in [1.82, 2.24) is 0 Å². The minimum absolute atomic E-state index is 0.0680. The first kappa shape index (κ1) is 11.4. The van der Waals surface area contributed by atoms with E-state index in [4.69, 9.17) is 18.0 Å². The van der Waals surface area contributed by atoms with E-state index in [9.17, 15) is 10.1 Å². The summed E-state index contributed by atoms with van der Waals surface area (Å²) >= 11 is 4.71. The van der Waals surface area contributed by atoms with E-state index in [0.29, 0.717) is 0 Å². The van der Waals surface area contributed by atoms with Crippen LogP contribution in [0.2, 0.25) is 0 Å². The third kappa shape index (κ3) is 2.63. The van der Waals surface area contributed by atoms with Crippen molar-refractivity contribution in [2.24, 2.45) is 5.73 Å². The van der Waals surface area contributed by atoms with Gasteiger partial charge >= 0.3 is 0 Å². The number of non-ortho nitro benzene ring substituents is 1. The van der Waals surface area contributed by atoms with E-state index in [0.717, 1.165) is 16.8 Å². The Morgan fingerprint density at radius 2 is 1.93 bits per heavy atom. The molecule has 0 saturated carbocycles. The molecule has 0 spiro atoms. The first-order chi connectivity index (χ1) is 6.91. The standard InChI is InChI=1S/C9H11N3O2S/c1-5-3-7(12(13)14)4-6(2)8(5)11-9(10)15/h3-4H,1-2H3,(H3,10,11,15). The van der Waals surface area contributed by atoms with Gasteiger partial charge in [-0.05, 0) is 37.2 Å². The summed E-state index contributed by atoms with van der Waals surface area (Å²) in [7, 11) is 0. The summed E-state index contributed by atoms with van der Waals surface area (Å²) in [6.45, 7) is 3.53.